The number of benzene rings is 1. The van der Waals surface area contributed by atoms with Crippen molar-refractivity contribution in [2.75, 3.05) is 0 Å². The van der Waals surface area contributed by atoms with Crippen LogP contribution in [0.5, 0.6) is 0 Å². The molecule has 1 aromatic carbocycles. The van der Waals surface area contributed by atoms with Gasteiger partial charge in [0, 0.05) is 6.07 Å². The number of hydrogen-bond donors (Lipinski definition) is 0. The number of carbonyl (C=O) groups excluding carboxylic acids is 2. The van der Waals surface area contributed by atoms with Gasteiger partial charge >= 0.3 is 0 Å². The Morgan fingerprint density at radius 2 is 1.94 bits per heavy atom. The fourth-order valence-corrected chi connectivity index (χ4v) is 1.47. The van der Waals surface area contributed by atoms with E-state index in [1.54, 1.807) is 6.07 Å². The predicted octanol–water partition coefficient (Wildman–Crippen LogP) is 0.800. The molecule has 0 atom stereocenters. The van der Waals surface area contributed by atoms with Gasteiger partial charge in [-0.15, -0.1) is 5.10 Å². The number of nitrogens with zero attached hydrogens (tertiary/aromatic N) is 4. The SMILES string of the molecule is O=Cc1nnn(-c2ccccc2[N+](=O)[O-])c1C=O. The lowest BCUT2D eigenvalue weighted by atomic mass is 10.2. The average Bonchev–Trinajstić information content (AvgIpc) is 2.81. The average molecular weight is 246 g/mol. The van der Waals surface area contributed by atoms with E-state index in [2.05, 4.69) is 10.3 Å². The zero-order valence-corrected chi connectivity index (χ0v) is 8.89. The Balaban J connectivity index is 2.69. The third-order valence-electron chi connectivity index (χ3n) is 2.26. The first-order valence-corrected chi connectivity index (χ1v) is 4.79. The van der Waals surface area contributed by atoms with Gasteiger partial charge in [0.25, 0.3) is 5.69 Å². The maximum Gasteiger partial charge on any atom is 0.294 e. The fourth-order valence-electron chi connectivity index (χ4n) is 1.47. The summed E-state index contributed by atoms with van der Waals surface area (Å²) in [7, 11) is 0. The summed E-state index contributed by atoms with van der Waals surface area (Å²) in [6.07, 6.45) is 0.739. The molecule has 0 aliphatic carbocycles. The van der Waals surface area contributed by atoms with E-state index < -0.39 is 4.92 Å². The molecular weight excluding hydrogens is 240 g/mol. The van der Waals surface area contributed by atoms with Gasteiger partial charge in [-0.25, -0.2) is 4.68 Å². The molecule has 0 radical (unpaired) electrons. The van der Waals surface area contributed by atoms with Crippen LogP contribution in [0.3, 0.4) is 0 Å². The lowest BCUT2D eigenvalue weighted by Gasteiger charge is -2.02. The van der Waals surface area contributed by atoms with Crippen LogP contribution in [-0.2, 0) is 0 Å². The van der Waals surface area contributed by atoms with Crippen molar-refractivity contribution in [3.05, 3.63) is 45.8 Å². The smallest absolute Gasteiger partial charge is 0.294 e. The molecule has 0 aliphatic heterocycles. The van der Waals surface area contributed by atoms with Crippen LogP contribution in [0.1, 0.15) is 21.0 Å². The van der Waals surface area contributed by atoms with Crippen molar-refractivity contribution in [2.24, 2.45) is 0 Å². The van der Waals surface area contributed by atoms with Crippen molar-refractivity contribution in [1.82, 2.24) is 15.0 Å². The maximum atomic E-state index is 10.9. The Morgan fingerprint density at radius 3 is 2.56 bits per heavy atom. The summed E-state index contributed by atoms with van der Waals surface area (Å²) < 4.78 is 0.967. The molecule has 0 aliphatic rings. The van der Waals surface area contributed by atoms with Crippen molar-refractivity contribution in [2.45, 2.75) is 0 Å². The van der Waals surface area contributed by atoms with Crippen molar-refractivity contribution in [1.29, 1.82) is 0 Å². The first-order chi connectivity index (χ1) is 8.69. The molecule has 0 bridgehead atoms. The number of nitro benzene ring substituents is 1. The molecule has 0 spiro atoms. The number of aromatic nitrogens is 3. The molecule has 0 saturated carbocycles. The minimum atomic E-state index is -0.605. The minimum Gasteiger partial charge on any atom is -0.296 e. The molecule has 0 fully saturated rings. The molecule has 0 amide bonds. The Bertz CT molecular complexity index is 635. The van der Waals surface area contributed by atoms with Crippen molar-refractivity contribution in [3.8, 4) is 5.69 Å². The Labute approximate surface area is 100.0 Å². The van der Waals surface area contributed by atoms with Gasteiger partial charge in [-0.05, 0) is 6.07 Å². The summed E-state index contributed by atoms with van der Waals surface area (Å²) in [5, 5.41) is 17.9. The van der Waals surface area contributed by atoms with Crippen LogP contribution in [0.15, 0.2) is 24.3 Å². The van der Waals surface area contributed by atoms with Gasteiger partial charge in [-0.1, -0.05) is 17.3 Å². The van der Waals surface area contributed by atoms with E-state index >= 15 is 0 Å². The highest BCUT2D eigenvalue weighted by Gasteiger charge is 2.20. The van der Waals surface area contributed by atoms with E-state index in [-0.39, 0.29) is 22.8 Å². The summed E-state index contributed by atoms with van der Waals surface area (Å²) in [6.45, 7) is 0. The Hall–Kier alpha value is -2.90. The van der Waals surface area contributed by atoms with E-state index in [0.29, 0.717) is 12.6 Å². The molecule has 1 heterocycles. The monoisotopic (exact) mass is 246 g/mol. The van der Waals surface area contributed by atoms with Gasteiger partial charge in [0.05, 0.1) is 4.92 Å². The highest BCUT2D eigenvalue weighted by atomic mass is 16.6. The topological polar surface area (TPSA) is 108 Å². The zero-order chi connectivity index (χ0) is 13.1. The number of aldehydes is 2. The normalized spacial score (nSPS) is 10.0. The number of nitro groups is 1. The van der Waals surface area contributed by atoms with Crippen LogP contribution < -0.4 is 0 Å². The summed E-state index contributed by atoms with van der Waals surface area (Å²) in [6, 6.07) is 5.72. The number of carbonyl (C=O) groups is 2. The minimum absolute atomic E-state index is 0.0743. The van der Waals surface area contributed by atoms with Crippen LogP contribution >= 0.6 is 0 Å². The van der Waals surface area contributed by atoms with Crippen molar-refractivity contribution >= 4 is 18.3 Å². The lowest BCUT2D eigenvalue weighted by molar-refractivity contribution is -0.384. The second-order valence-electron chi connectivity index (χ2n) is 3.25. The van der Waals surface area contributed by atoms with E-state index in [1.807, 2.05) is 0 Å². The van der Waals surface area contributed by atoms with Crippen LogP contribution in [-0.4, -0.2) is 32.5 Å². The predicted molar refractivity (Wildman–Crippen MR) is 58.8 cm³/mol. The Morgan fingerprint density at radius 1 is 1.22 bits per heavy atom. The van der Waals surface area contributed by atoms with E-state index in [4.69, 9.17) is 0 Å². The van der Waals surface area contributed by atoms with E-state index in [9.17, 15) is 19.7 Å². The maximum absolute atomic E-state index is 10.9. The quantitative estimate of drug-likeness (QED) is 0.448. The van der Waals surface area contributed by atoms with Gasteiger partial charge in [-0.3, -0.25) is 19.7 Å². The zero-order valence-electron chi connectivity index (χ0n) is 8.89. The number of hydrogen-bond acceptors (Lipinski definition) is 6. The largest absolute Gasteiger partial charge is 0.296 e. The molecule has 18 heavy (non-hydrogen) atoms. The second-order valence-corrected chi connectivity index (χ2v) is 3.25. The molecule has 1 aromatic heterocycles. The standard InChI is InChI=1S/C10H6N4O4/c15-5-7-10(6-16)13(12-11-7)8-3-1-2-4-9(8)14(17)18/h1-6H. The van der Waals surface area contributed by atoms with E-state index in [0.717, 1.165) is 4.68 Å². The van der Waals surface area contributed by atoms with Crippen molar-refractivity contribution < 1.29 is 14.5 Å². The van der Waals surface area contributed by atoms with Crippen LogP contribution in [0.25, 0.3) is 5.69 Å². The van der Waals surface area contributed by atoms with Crippen molar-refractivity contribution in [3.63, 3.8) is 0 Å². The van der Waals surface area contributed by atoms with Crippen LogP contribution in [0, 0.1) is 10.1 Å². The first kappa shape index (κ1) is 11.6. The number of rotatable bonds is 4. The Kier molecular flexibility index (Phi) is 2.92. The molecule has 2 aromatic rings. The second kappa shape index (κ2) is 4.53. The molecule has 2 rings (SSSR count). The van der Waals surface area contributed by atoms with Gasteiger partial charge in [0.1, 0.15) is 11.4 Å². The van der Waals surface area contributed by atoms with Gasteiger partial charge in [-0.2, -0.15) is 0 Å². The fraction of sp³-hybridized carbons (Fsp3) is 0. The summed E-state index contributed by atoms with van der Waals surface area (Å²) in [5.41, 5.74) is -0.449. The summed E-state index contributed by atoms with van der Waals surface area (Å²) in [5.74, 6) is 0. The molecule has 0 saturated heterocycles. The van der Waals surface area contributed by atoms with Gasteiger partial charge < -0.3 is 0 Å². The highest BCUT2D eigenvalue weighted by molar-refractivity contribution is 5.87. The van der Waals surface area contributed by atoms with E-state index in [1.165, 1.54) is 18.2 Å². The third kappa shape index (κ3) is 1.75. The molecule has 8 nitrogen and oxygen atoms in total. The molecule has 8 heteroatoms. The highest BCUT2D eigenvalue weighted by Crippen LogP contribution is 2.22. The van der Waals surface area contributed by atoms with Gasteiger partial charge in [0.2, 0.25) is 0 Å². The first-order valence-electron chi connectivity index (χ1n) is 4.79. The van der Waals surface area contributed by atoms with Gasteiger partial charge in [0.15, 0.2) is 18.3 Å². The lowest BCUT2D eigenvalue weighted by Crippen LogP contribution is -2.05. The van der Waals surface area contributed by atoms with Crippen LogP contribution in [0.2, 0.25) is 0 Å². The molecule has 0 unspecified atom stereocenters. The molecule has 0 N–H and O–H groups in total. The summed E-state index contributed by atoms with van der Waals surface area (Å²) in [4.78, 5) is 31.8. The third-order valence-corrected chi connectivity index (χ3v) is 2.26. The molecule has 90 valence electrons. The number of para-hydroxylation sites is 2. The summed E-state index contributed by atoms with van der Waals surface area (Å²) >= 11 is 0. The van der Waals surface area contributed by atoms with Crippen LogP contribution in [0.4, 0.5) is 5.69 Å². The molecular formula is C10H6N4O4.